The quantitative estimate of drug-likeness (QED) is 0.166. The van der Waals surface area contributed by atoms with E-state index >= 15 is 0 Å². The van der Waals surface area contributed by atoms with Crippen LogP contribution in [0.3, 0.4) is 0 Å². The van der Waals surface area contributed by atoms with Crippen LogP contribution in [0, 0.1) is 0 Å². The SMILES string of the molecule is CCCC[n+]1c(-c2ccc(S(=O)(=O)O)cc2)cc(-c2ccc(OC)c(S(=O)(=O)O)c2)cc1-c1ccc(S(=O)(=O)O)cc1. The van der Waals surface area contributed by atoms with E-state index in [4.69, 9.17) is 4.74 Å². The largest absolute Gasteiger partial charge is 0.495 e. The number of hydrogen-bond acceptors (Lipinski definition) is 7. The molecule has 0 atom stereocenters. The Hall–Kier alpha value is -3.66. The maximum atomic E-state index is 12.1. The maximum Gasteiger partial charge on any atom is 0.298 e. The molecule has 0 aliphatic heterocycles. The van der Waals surface area contributed by atoms with Crippen molar-refractivity contribution >= 4 is 30.4 Å². The molecule has 0 saturated carbocycles. The summed E-state index contributed by atoms with van der Waals surface area (Å²) in [6.45, 7) is 2.50. The summed E-state index contributed by atoms with van der Waals surface area (Å²) >= 11 is 0. The molecular formula is C28H28NO10S3+. The Morgan fingerprint density at radius 2 is 1.07 bits per heavy atom. The molecule has 0 unspecified atom stereocenters. The van der Waals surface area contributed by atoms with E-state index in [1.54, 1.807) is 18.2 Å². The van der Waals surface area contributed by atoms with Crippen molar-refractivity contribution in [2.75, 3.05) is 7.11 Å². The second-order valence-corrected chi connectivity index (χ2v) is 13.6. The molecule has 0 aliphatic rings. The summed E-state index contributed by atoms with van der Waals surface area (Å²) < 4.78 is 107. The van der Waals surface area contributed by atoms with Crippen LogP contribution in [0.4, 0.5) is 0 Å². The van der Waals surface area contributed by atoms with Gasteiger partial charge in [0.15, 0.2) is 0 Å². The summed E-state index contributed by atoms with van der Waals surface area (Å²) in [6.07, 6.45) is 1.57. The first-order valence-electron chi connectivity index (χ1n) is 12.5. The average molecular weight is 635 g/mol. The summed E-state index contributed by atoms with van der Waals surface area (Å²) in [6, 6.07) is 18.9. The zero-order chi connectivity index (χ0) is 30.9. The molecule has 0 aliphatic carbocycles. The number of nitrogens with zero attached hydrogens (tertiary/aromatic N) is 1. The lowest BCUT2D eigenvalue weighted by atomic mass is 9.98. The van der Waals surface area contributed by atoms with Gasteiger partial charge in [0.05, 0.1) is 16.9 Å². The van der Waals surface area contributed by atoms with Crippen molar-refractivity contribution in [1.29, 1.82) is 0 Å². The van der Waals surface area contributed by atoms with Crippen molar-refractivity contribution in [1.82, 2.24) is 0 Å². The molecule has 14 heteroatoms. The minimum Gasteiger partial charge on any atom is -0.495 e. The second kappa shape index (κ2) is 11.9. The number of pyridine rings is 1. The first kappa shape index (κ1) is 31.3. The Kier molecular flexibility index (Phi) is 8.87. The van der Waals surface area contributed by atoms with E-state index in [1.807, 2.05) is 11.5 Å². The van der Waals surface area contributed by atoms with Gasteiger partial charge in [0, 0.05) is 29.7 Å². The van der Waals surface area contributed by atoms with Gasteiger partial charge in [0.2, 0.25) is 11.4 Å². The van der Waals surface area contributed by atoms with E-state index < -0.39 is 35.2 Å². The van der Waals surface area contributed by atoms with Crippen molar-refractivity contribution < 1.29 is 48.2 Å². The Labute approximate surface area is 244 Å². The highest BCUT2D eigenvalue weighted by Crippen LogP contribution is 2.34. The van der Waals surface area contributed by atoms with Gasteiger partial charge in [-0.3, -0.25) is 13.7 Å². The van der Waals surface area contributed by atoms with Crippen LogP contribution in [0.1, 0.15) is 19.8 Å². The molecule has 1 aromatic heterocycles. The molecule has 0 saturated heterocycles. The minimum atomic E-state index is -4.65. The fraction of sp³-hybridized carbons (Fsp3) is 0.179. The zero-order valence-electron chi connectivity index (χ0n) is 22.5. The molecule has 0 spiro atoms. The van der Waals surface area contributed by atoms with E-state index in [0.717, 1.165) is 12.8 Å². The number of methoxy groups -OCH3 is 1. The van der Waals surface area contributed by atoms with Crippen molar-refractivity contribution in [3.63, 3.8) is 0 Å². The van der Waals surface area contributed by atoms with Crippen LogP contribution in [-0.2, 0) is 36.9 Å². The molecule has 0 radical (unpaired) electrons. The predicted octanol–water partition coefficient (Wildman–Crippen LogP) is 4.52. The third-order valence-corrected chi connectivity index (χ3v) is 9.18. The van der Waals surface area contributed by atoms with Crippen molar-refractivity contribution in [2.45, 2.75) is 41.0 Å². The molecule has 3 N–H and O–H groups in total. The fourth-order valence-corrected chi connectivity index (χ4v) is 6.12. The Morgan fingerprint density at radius 1 is 0.619 bits per heavy atom. The van der Waals surface area contributed by atoms with Crippen molar-refractivity contribution in [2.24, 2.45) is 0 Å². The van der Waals surface area contributed by atoms with Gasteiger partial charge < -0.3 is 4.74 Å². The van der Waals surface area contributed by atoms with Gasteiger partial charge in [-0.2, -0.15) is 29.8 Å². The topological polar surface area (TPSA) is 176 Å². The van der Waals surface area contributed by atoms with Gasteiger partial charge in [-0.05, 0) is 71.8 Å². The Bertz CT molecular complexity index is 1860. The van der Waals surface area contributed by atoms with Gasteiger partial charge in [-0.25, -0.2) is 0 Å². The van der Waals surface area contributed by atoms with E-state index in [1.165, 1.54) is 67.8 Å². The molecule has 4 aromatic rings. The molecular weight excluding hydrogens is 607 g/mol. The number of ether oxygens (including phenoxy) is 1. The third-order valence-electron chi connectivity index (χ3n) is 6.57. The summed E-state index contributed by atoms with van der Waals surface area (Å²) in [5.74, 6) is -0.0581. The van der Waals surface area contributed by atoms with E-state index in [0.29, 0.717) is 40.2 Å². The monoisotopic (exact) mass is 634 g/mol. The molecule has 1 heterocycles. The highest BCUT2D eigenvalue weighted by atomic mass is 32.2. The summed E-state index contributed by atoms with van der Waals surface area (Å²) in [5, 5.41) is 0. The first-order valence-corrected chi connectivity index (χ1v) is 16.8. The molecule has 3 aromatic carbocycles. The van der Waals surface area contributed by atoms with Gasteiger partial charge >= 0.3 is 0 Å². The number of benzene rings is 3. The predicted molar refractivity (Wildman–Crippen MR) is 154 cm³/mol. The highest BCUT2D eigenvalue weighted by Gasteiger charge is 2.25. The summed E-state index contributed by atoms with van der Waals surface area (Å²) in [7, 11) is -12.3. The lowest BCUT2D eigenvalue weighted by Crippen LogP contribution is -2.39. The Morgan fingerprint density at radius 3 is 1.45 bits per heavy atom. The lowest BCUT2D eigenvalue weighted by Gasteiger charge is -2.14. The highest BCUT2D eigenvalue weighted by molar-refractivity contribution is 7.86. The third kappa shape index (κ3) is 6.86. The van der Waals surface area contributed by atoms with Crippen LogP contribution in [0.5, 0.6) is 5.75 Å². The molecule has 0 bridgehead atoms. The van der Waals surface area contributed by atoms with Gasteiger partial charge in [-0.1, -0.05) is 19.4 Å². The number of unbranched alkanes of at least 4 members (excludes halogenated alkanes) is 1. The normalized spacial score (nSPS) is 12.3. The zero-order valence-corrected chi connectivity index (χ0v) is 24.9. The van der Waals surface area contributed by atoms with Crippen LogP contribution in [-0.4, -0.2) is 46.0 Å². The van der Waals surface area contributed by atoms with Crippen LogP contribution < -0.4 is 9.30 Å². The fourth-order valence-electron chi connectivity index (χ4n) is 4.48. The molecule has 11 nitrogen and oxygen atoms in total. The van der Waals surface area contributed by atoms with Crippen LogP contribution in [0.15, 0.2) is 93.5 Å². The van der Waals surface area contributed by atoms with Crippen molar-refractivity contribution in [3.8, 4) is 39.4 Å². The van der Waals surface area contributed by atoms with Crippen LogP contribution in [0.25, 0.3) is 33.6 Å². The number of hydrogen-bond donors (Lipinski definition) is 3. The van der Waals surface area contributed by atoms with Crippen molar-refractivity contribution in [3.05, 3.63) is 78.9 Å². The number of rotatable bonds is 10. The molecule has 4 rings (SSSR count). The average Bonchev–Trinajstić information content (AvgIpc) is 2.94. The van der Waals surface area contributed by atoms with E-state index in [-0.39, 0.29) is 15.5 Å². The van der Waals surface area contributed by atoms with Crippen LogP contribution in [0.2, 0.25) is 0 Å². The maximum absolute atomic E-state index is 12.1. The molecule has 42 heavy (non-hydrogen) atoms. The van der Waals surface area contributed by atoms with Gasteiger partial charge in [-0.15, -0.1) is 0 Å². The van der Waals surface area contributed by atoms with E-state index in [2.05, 4.69) is 0 Å². The van der Waals surface area contributed by atoms with E-state index in [9.17, 15) is 38.9 Å². The summed E-state index contributed by atoms with van der Waals surface area (Å²) in [4.78, 5) is -1.03. The standard InChI is InChI=1S/C28H27NO10S3/c1-3-4-15-29-25(19-5-10-23(11-6-19)40(30,31)32)16-22(21-9-14-27(39-2)28(18-21)42(36,37)38)17-26(29)20-7-12-24(13-8-20)41(33,34)35/h5-14,16-18H,3-4,15H2,1-2H3,(H2-,30,31,32,33,34,35,36,37,38)/p+1. The minimum absolute atomic E-state index is 0.0581. The molecule has 0 fully saturated rings. The van der Waals surface area contributed by atoms with Gasteiger partial charge in [0.25, 0.3) is 30.4 Å². The second-order valence-electron chi connectivity index (χ2n) is 9.36. The van der Waals surface area contributed by atoms with Crippen LogP contribution >= 0.6 is 0 Å². The smallest absolute Gasteiger partial charge is 0.298 e. The Balaban J connectivity index is 2.05. The van der Waals surface area contributed by atoms with Gasteiger partial charge in [0.1, 0.15) is 17.2 Å². The molecule has 0 amide bonds. The first-order chi connectivity index (χ1) is 19.6. The number of aromatic nitrogens is 1. The molecule has 222 valence electrons. The summed E-state index contributed by atoms with van der Waals surface area (Å²) in [5.41, 5.74) is 3.25. The lowest BCUT2D eigenvalue weighted by molar-refractivity contribution is -0.675.